The van der Waals surface area contributed by atoms with Gasteiger partial charge in [0.25, 0.3) is 0 Å². The number of carbonyl (C=O) groups excluding carboxylic acids is 1. The molecule has 0 bridgehead atoms. The van der Waals surface area contributed by atoms with Gasteiger partial charge in [-0.2, -0.15) is 0 Å². The minimum absolute atomic E-state index is 0.235. The number of rotatable bonds is 6. The van der Waals surface area contributed by atoms with Crippen LogP contribution in [0.2, 0.25) is 0 Å². The van der Waals surface area contributed by atoms with E-state index in [1.54, 1.807) is 25.4 Å². The number of anilines is 1. The van der Waals surface area contributed by atoms with Crippen molar-refractivity contribution in [2.75, 3.05) is 32.2 Å². The number of pyridine rings is 1. The van der Waals surface area contributed by atoms with E-state index in [4.69, 9.17) is 14.2 Å². The molecule has 126 valence electrons. The summed E-state index contributed by atoms with van der Waals surface area (Å²) in [7, 11) is 1.61. The zero-order valence-electron chi connectivity index (χ0n) is 13.7. The average Bonchev–Trinajstić information content (AvgIpc) is 3.16. The number of hydrogen-bond acceptors (Lipinski definition) is 5. The fourth-order valence-corrected chi connectivity index (χ4v) is 3.14. The molecule has 2 fully saturated rings. The summed E-state index contributed by atoms with van der Waals surface area (Å²) in [4.78, 5) is 16.4. The molecule has 1 aliphatic carbocycles. The molecule has 0 spiro atoms. The van der Waals surface area contributed by atoms with E-state index in [1.165, 1.54) is 0 Å². The molecule has 2 amide bonds. The van der Waals surface area contributed by atoms with Crippen LogP contribution in [0.15, 0.2) is 18.3 Å². The van der Waals surface area contributed by atoms with Gasteiger partial charge in [-0.15, -0.1) is 0 Å². The van der Waals surface area contributed by atoms with E-state index in [-0.39, 0.29) is 17.2 Å². The predicted molar refractivity (Wildman–Crippen MR) is 84.6 cm³/mol. The zero-order chi connectivity index (χ0) is 16.5. The lowest BCUT2D eigenvalue weighted by Crippen LogP contribution is -2.52. The molecule has 2 unspecified atom stereocenters. The van der Waals surface area contributed by atoms with Gasteiger partial charge in [-0.05, 0) is 26.3 Å². The Balaban J connectivity index is 1.52. The topological polar surface area (TPSA) is 81.7 Å². The summed E-state index contributed by atoms with van der Waals surface area (Å²) in [6.45, 7) is 5.70. The average molecular weight is 321 g/mol. The second-order valence-corrected chi connectivity index (χ2v) is 6.50. The Morgan fingerprint density at radius 3 is 2.83 bits per heavy atom. The highest BCUT2D eigenvalue weighted by Crippen LogP contribution is 2.57. The van der Waals surface area contributed by atoms with Crippen molar-refractivity contribution in [3.05, 3.63) is 18.3 Å². The summed E-state index contributed by atoms with van der Waals surface area (Å²) in [5.41, 5.74) is 0.0481. The largest absolute Gasteiger partial charge is 0.475 e. The van der Waals surface area contributed by atoms with E-state index in [0.29, 0.717) is 37.3 Å². The fraction of sp³-hybridized carbons (Fsp3) is 0.625. The molecule has 1 saturated carbocycles. The molecular formula is C16H23N3O4. The third-order valence-corrected chi connectivity index (χ3v) is 4.69. The molecule has 2 heterocycles. The van der Waals surface area contributed by atoms with Crippen LogP contribution < -0.4 is 15.4 Å². The lowest BCUT2D eigenvalue weighted by Gasteiger charge is -2.31. The summed E-state index contributed by atoms with van der Waals surface area (Å²) in [6.07, 6.45) is 2.54. The molecule has 1 aromatic rings. The number of methoxy groups -OCH3 is 1. The first kappa shape index (κ1) is 16.0. The number of fused-ring (bicyclic) bond motifs is 1. The van der Waals surface area contributed by atoms with Crippen molar-refractivity contribution in [3.63, 3.8) is 0 Å². The molecule has 1 aromatic heterocycles. The quantitative estimate of drug-likeness (QED) is 0.781. The highest BCUT2D eigenvalue weighted by Gasteiger charge is 2.69. The Bertz CT molecular complexity index is 575. The molecule has 0 radical (unpaired) electrons. The molecule has 2 atom stereocenters. The number of nitrogens with one attached hydrogen (secondary N) is 2. The zero-order valence-corrected chi connectivity index (χ0v) is 13.7. The van der Waals surface area contributed by atoms with E-state index in [2.05, 4.69) is 15.6 Å². The molecule has 0 aromatic carbocycles. The fourth-order valence-electron chi connectivity index (χ4n) is 3.14. The third-order valence-electron chi connectivity index (χ3n) is 4.69. The second-order valence-electron chi connectivity index (χ2n) is 6.50. The Labute approximate surface area is 135 Å². The first-order valence-corrected chi connectivity index (χ1v) is 7.78. The van der Waals surface area contributed by atoms with Crippen LogP contribution in [0, 0.1) is 5.92 Å². The monoisotopic (exact) mass is 321 g/mol. The molecular weight excluding hydrogens is 298 g/mol. The van der Waals surface area contributed by atoms with Crippen LogP contribution in [0.4, 0.5) is 10.5 Å². The summed E-state index contributed by atoms with van der Waals surface area (Å²) in [6, 6.07) is 3.24. The standard InChI is InChI=1S/C16H23N3O4/c1-15(2)16(8-11(16)10-23-15)19-14(20)18-12-4-5-13(17-9-12)22-7-6-21-3/h4-5,9,11H,6-8,10H2,1-3H3,(H2,18,19,20). The van der Waals surface area contributed by atoms with Crippen molar-refractivity contribution >= 4 is 11.7 Å². The maximum atomic E-state index is 12.2. The van der Waals surface area contributed by atoms with Gasteiger partial charge in [-0.3, -0.25) is 0 Å². The minimum Gasteiger partial charge on any atom is -0.475 e. The maximum absolute atomic E-state index is 12.2. The molecule has 2 aliphatic rings. The summed E-state index contributed by atoms with van der Waals surface area (Å²) in [5.74, 6) is 0.914. The minimum atomic E-state index is -0.327. The lowest BCUT2D eigenvalue weighted by molar-refractivity contribution is -0.00667. The number of carbonyl (C=O) groups is 1. The molecule has 7 nitrogen and oxygen atoms in total. The highest BCUT2D eigenvalue weighted by atomic mass is 16.5. The van der Waals surface area contributed by atoms with Crippen molar-refractivity contribution in [2.24, 2.45) is 5.92 Å². The predicted octanol–water partition coefficient (Wildman–Crippen LogP) is 1.80. The Morgan fingerprint density at radius 2 is 2.26 bits per heavy atom. The van der Waals surface area contributed by atoms with Crippen LogP contribution in [0.5, 0.6) is 5.88 Å². The van der Waals surface area contributed by atoms with Crippen molar-refractivity contribution in [3.8, 4) is 5.88 Å². The molecule has 1 saturated heterocycles. The van der Waals surface area contributed by atoms with E-state index in [1.807, 2.05) is 13.8 Å². The van der Waals surface area contributed by atoms with E-state index >= 15 is 0 Å². The van der Waals surface area contributed by atoms with Crippen molar-refractivity contribution < 1.29 is 19.0 Å². The van der Waals surface area contributed by atoms with Crippen LogP contribution in [0.3, 0.4) is 0 Å². The van der Waals surface area contributed by atoms with E-state index in [0.717, 1.165) is 6.42 Å². The molecule has 23 heavy (non-hydrogen) atoms. The number of aromatic nitrogens is 1. The maximum Gasteiger partial charge on any atom is 0.319 e. The van der Waals surface area contributed by atoms with E-state index < -0.39 is 0 Å². The summed E-state index contributed by atoms with van der Waals surface area (Å²) >= 11 is 0. The van der Waals surface area contributed by atoms with Crippen molar-refractivity contribution in [2.45, 2.75) is 31.4 Å². The number of nitrogens with zero attached hydrogens (tertiary/aromatic N) is 1. The van der Waals surface area contributed by atoms with Crippen LogP contribution in [0.25, 0.3) is 0 Å². The Hall–Kier alpha value is -1.86. The lowest BCUT2D eigenvalue weighted by atomic mass is 9.96. The number of hydrogen-bond donors (Lipinski definition) is 2. The summed E-state index contributed by atoms with van der Waals surface area (Å²) in [5, 5.41) is 5.88. The highest BCUT2D eigenvalue weighted by molar-refractivity contribution is 5.90. The molecule has 7 heteroatoms. The molecule has 3 rings (SSSR count). The van der Waals surface area contributed by atoms with Gasteiger partial charge in [0.2, 0.25) is 5.88 Å². The van der Waals surface area contributed by atoms with Gasteiger partial charge in [0.05, 0.1) is 36.2 Å². The smallest absolute Gasteiger partial charge is 0.319 e. The van der Waals surface area contributed by atoms with Gasteiger partial charge >= 0.3 is 6.03 Å². The number of amides is 2. The van der Waals surface area contributed by atoms with Gasteiger partial charge in [-0.1, -0.05) is 0 Å². The SMILES string of the molecule is COCCOc1ccc(NC(=O)NC23CC2COC3(C)C)cn1. The van der Waals surface area contributed by atoms with E-state index in [9.17, 15) is 4.79 Å². The van der Waals surface area contributed by atoms with Crippen LogP contribution in [-0.4, -0.2) is 49.1 Å². The van der Waals surface area contributed by atoms with Crippen LogP contribution >= 0.6 is 0 Å². The first-order valence-electron chi connectivity index (χ1n) is 7.78. The van der Waals surface area contributed by atoms with Gasteiger partial charge in [0.1, 0.15) is 6.61 Å². The number of ether oxygens (including phenoxy) is 3. The Kier molecular flexibility index (Phi) is 4.16. The van der Waals surface area contributed by atoms with Gasteiger partial charge in [-0.25, -0.2) is 9.78 Å². The first-order chi connectivity index (χ1) is 11.0. The van der Waals surface area contributed by atoms with Crippen molar-refractivity contribution in [1.29, 1.82) is 0 Å². The summed E-state index contributed by atoms with van der Waals surface area (Å²) < 4.78 is 16.0. The van der Waals surface area contributed by atoms with Crippen LogP contribution in [0.1, 0.15) is 20.3 Å². The molecule has 1 aliphatic heterocycles. The second kappa shape index (κ2) is 5.98. The van der Waals surface area contributed by atoms with Gasteiger partial charge < -0.3 is 24.8 Å². The third kappa shape index (κ3) is 3.11. The molecule has 2 N–H and O–H groups in total. The Morgan fingerprint density at radius 1 is 1.43 bits per heavy atom. The van der Waals surface area contributed by atoms with Gasteiger partial charge in [0.15, 0.2) is 0 Å². The van der Waals surface area contributed by atoms with Crippen LogP contribution in [-0.2, 0) is 9.47 Å². The number of urea groups is 1. The van der Waals surface area contributed by atoms with Gasteiger partial charge in [0, 0.05) is 19.1 Å². The normalized spacial score (nSPS) is 27.2. The van der Waals surface area contributed by atoms with Crippen molar-refractivity contribution in [1.82, 2.24) is 10.3 Å².